The maximum Gasteiger partial charge on any atom is 0.250 e. The first kappa shape index (κ1) is 22.7. The number of hydrogen-bond donors (Lipinski definition) is 1. The fourth-order valence-corrected chi connectivity index (χ4v) is 3.70. The molecule has 1 amide bonds. The number of nitrogens with one attached hydrogen (secondary N) is 1. The zero-order chi connectivity index (χ0) is 21.7. The fraction of sp³-hybridized carbons (Fsp3) is 0.423. The first-order valence-electron chi connectivity index (χ1n) is 11.4. The minimum absolute atomic E-state index is 0.130. The number of amides is 1. The lowest BCUT2D eigenvalue weighted by Gasteiger charge is -2.20. The van der Waals surface area contributed by atoms with Crippen LogP contribution in [0.4, 0.5) is 0 Å². The molecular weight excluding hydrogens is 386 g/mol. The summed E-state index contributed by atoms with van der Waals surface area (Å²) in [7, 11) is 0. The lowest BCUT2D eigenvalue weighted by molar-refractivity contribution is -0.117. The highest BCUT2D eigenvalue weighted by Gasteiger charge is 2.21. The summed E-state index contributed by atoms with van der Waals surface area (Å²) >= 11 is 0. The highest BCUT2D eigenvalue weighted by Crippen LogP contribution is 2.27. The van der Waals surface area contributed by atoms with E-state index in [0.29, 0.717) is 17.7 Å². The number of rotatable bonds is 11. The van der Waals surface area contributed by atoms with Gasteiger partial charge < -0.3 is 4.74 Å². The summed E-state index contributed by atoms with van der Waals surface area (Å²) in [6, 6.07) is 11.5. The van der Waals surface area contributed by atoms with E-state index in [-0.39, 0.29) is 18.2 Å². The van der Waals surface area contributed by atoms with E-state index >= 15 is 0 Å². The molecule has 0 aliphatic heterocycles. The molecule has 5 nitrogen and oxygen atoms in total. The van der Waals surface area contributed by atoms with Crippen molar-refractivity contribution in [3.8, 4) is 0 Å². The quantitative estimate of drug-likeness (QED) is 0.392. The molecule has 0 radical (unpaired) electrons. The number of allylic oxidation sites excluding steroid dienone is 3. The SMILES string of the molecule is CCCCCCCCOC1=CCC=CC1c1n[nH]cc/c1=N/C(=O)Cc1ccccc1. The van der Waals surface area contributed by atoms with Gasteiger partial charge >= 0.3 is 0 Å². The van der Waals surface area contributed by atoms with E-state index in [1.807, 2.05) is 30.3 Å². The molecule has 1 aromatic heterocycles. The summed E-state index contributed by atoms with van der Waals surface area (Å²) in [5.41, 5.74) is 1.67. The Balaban J connectivity index is 1.66. The molecule has 0 saturated heterocycles. The van der Waals surface area contributed by atoms with Crippen LogP contribution in [-0.4, -0.2) is 22.7 Å². The number of unbranched alkanes of at least 4 members (excludes halogenated alkanes) is 5. The van der Waals surface area contributed by atoms with Crippen molar-refractivity contribution in [2.45, 2.75) is 64.2 Å². The van der Waals surface area contributed by atoms with Crippen LogP contribution in [0.15, 0.2) is 71.6 Å². The van der Waals surface area contributed by atoms with Crippen LogP contribution in [0.2, 0.25) is 0 Å². The van der Waals surface area contributed by atoms with Gasteiger partial charge in [0.05, 0.1) is 24.3 Å². The normalized spacial score (nSPS) is 16.2. The zero-order valence-electron chi connectivity index (χ0n) is 18.4. The third-order valence-corrected chi connectivity index (χ3v) is 5.36. The van der Waals surface area contributed by atoms with Crippen molar-refractivity contribution in [3.63, 3.8) is 0 Å². The maximum absolute atomic E-state index is 12.5. The Morgan fingerprint density at radius 1 is 1.13 bits per heavy atom. The number of hydrogen-bond acceptors (Lipinski definition) is 3. The molecule has 0 fully saturated rings. The fourth-order valence-electron chi connectivity index (χ4n) is 3.70. The number of carbonyl (C=O) groups excluding carboxylic acids is 1. The Labute approximate surface area is 185 Å². The zero-order valence-corrected chi connectivity index (χ0v) is 18.4. The summed E-state index contributed by atoms with van der Waals surface area (Å²) < 4.78 is 6.14. The van der Waals surface area contributed by atoms with Crippen molar-refractivity contribution in [2.24, 2.45) is 4.99 Å². The summed E-state index contributed by atoms with van der Waals surface area (Å²) in [4.78, 5) is 16.9. The molecule has 0 saturated carbocycles. The second kappa shape index (κ2) is 12.7. The van der Waals surface area contributed by atoms with Gasteiger partial charge in [0.25, 0.3) is 5.91 Å². The molecule has 31 heavy (non-hydrogen) atoms. The number of aromatic nitrogens is 2. The average molecular weight is 420 g/mol. The number of nitrogens with zero attached hydrogens (tertiary/aromatic N) is 2. The van der Waals surface area contributed by atoms with Gasteiger partial charge in [-0.15, -0.1) is 0 Å². The van der Waals surface area contributed by atoms with E-state index in [0.717, 1.165) is 24.2 Å². The van der Waals surface area contributed by atoms with Gasteiger partial charge in [-0.3, -0.25) is 9.89 Å². The predicted molar refractivity (Wildman–Crippen MR) is 123 cm³/mol. The minimum Gasteiger partial charge on any atom is -0.497 e. The van der Waals surface area contributed by atoms with Gasteiger partial charge in [0.1, 0.15) is 11.5 Å². The van der Waals surface area contributed by atoms with Crippen molar-refractivity contribution in [3.05, 3.63) is 83.2 Å². The van der Waals surface area contributed by atoms with Crippen LogP contribution in [-0.2, 0) is 16.0 Å². The molecule has 2 aromatic rings. The summed E-state index contributed by atoms with van der Waals surface area (Å²) in [5, 5.41) is 7.94. The third kappa shape index (κ3) is 7.35. The van der Waals surface area contributed by atoms with E-state index in [1.165, 1.54) is 32.1 Å². The number of aromatic amines is 1. The van der Waals surface area contributed by atoms with Crippen LogP contribution in [0.1, 0.15) is 69.0 Å². The molecule has 1 aromatic carbocycles. The van der Waals surface area contributed by atoms with Gasteiger partial charge in [0.2, 0.25) is 0 Å². The molecule has 1 heterocycles. The molecule has 1 aliphatic rings. The molecule has 5 heteroatoms. The van der Waals surface area contributed by atoms with Crippen LogP contribution in [0, 0.1) is 0 Å². The Morgan fingerprint density at radius 2 is 1.94 bits per heavy atom. The van der Waals surface area contributed by atoms with E-state index in [2.05, 4.69) is 40.3 Å². The van der Waals surface area contributed by atoms with E-state index in [9.17, 15) is 4.79 Å². The Hall–Kier alpha value is -2.95. The molecule has 0 spiro atoms. The first-order chi connectivity index (χ1) is 15.3. The topological polar surface area (TPSA) is 67.3 Å². The van der Waals surface area contributed by atoms with E-state index in [1.54, 1.807) is 12.3 Å². The van der Waals surface area contributed by atoms with Crippen LogP contribution in [0.25, 0.3) is 0 Å². The molecule has 164 valence electrons. The summed E-state index contributed by atoms with van der Waals surface area (Å²) in [6.07, 6.45) is 16.5. The molecule has 3 rings (SSSR count). The van der Waals surface area contributed by atoms with Crippen molar-refractivity contribution >= 4 is 5.91 Å². The maximum atomic E-state index is 12.5. The van der Waals surface area contributed by atoms with Gasteiger partial charge in [-0.25, -0.2) is 4.99 Å². The number of carbonyl (C=O) groups is 1. The monoisotopic (exact) mass is 419 g/mol. The lowest BCUT2D eigenvalue weighted by Crippen LogP contribution is -2.21. The smallest absolute Gasteiger partial charge is 0.250 e. The number of H-pyrrole nitrogens is 1. The predicted octanol–water partition coefficient (Wildman–Crippen LogP) is 5.38. The van der Waals surface area contributed by atoms with Gasteiger partial charge in [-0.05, 0) is 30.5 Å². The van der Waals surface area contributed by atoms with Crippen LogP contribution >= 0.6 is 0 Å². The summed E-state index contributed by atoms with van der Waals surface area (Å²) in [6.45, 7) is 2.94. The molecule has 1 unspecified atom stereocenters. The van der Waals surface area contributed by atoms with Crippen molar-refractivity contribution < 1.29 is 9.53 Å². The Bertz CT molecular complexity index is 944. The van der Waals surface area contributed by atoms with Gasteiger partial charge in [0.15, 0.2) is 0 Å². The second-order valence-electron chi connectivity index (χ2n) is 7.88. The van der Waals surface area contributed by atoms with Crippen molar-refractivity contribution in [1.29, 1.82) is 0 Å². The lowest BCUT2D eigenvalue weighted by atomic mass is 9.96. The second-order valence-corrected chi connectivity index (χ2v) is 7.88. The molecule has 1 atom stereocenters. The van der Waals surface area contributed by atoms with E-state index in [4.69, 9.17) is 4.74 Å². The van der Waals surface area contributed by atoms with Gasteiger partial charge in [0, 0.05) is 6.20 Å². The van der Waals surface area contributed by atoms with Crippen LogP contribution < -0.4 is 5.36 Å². The van der Waals surface area contributed by atoms with Crippen LogP contribution in [0.5, 0.6) is 0 Å². The van der Waals surface area contributed by atoms with E-state index < -0.39 is 0 Å². The third-order valence-electron chi connectivity index (χ3n) is 5.36. The first-order valence-corrected chi connectivity index (χ1v) is 11.4. The highest BCUT2D eigenvalue weighted by atomic mass is 16.5. The van der Waals surface area contributed by atoms with Crippen molar-refractivity contribution in [1.82, 2.24) is 10.2 Å². The Morgan fingerprint density at radius 3 is 2.77 bits per heavy atom. The number of ether oxygens (including phenoxy) is 1. The number of benzene rings is 1. The molecule has 1 aliphatic carbocycles. The molecule has 1 N–H and O–H groups in total. The average Bonchev–Trinajstić information content (AvgIpc) is 2.80. The minimum atomic E-state index is -0.182. The van der Waals surface area contributed by atoms with Crippen molar-refractivity contribution in [2.75, 3.05) is 6.61 Å². The molecule has 0 bridgehead atoms. The molecular formula is C26H33N3O2. The highest BCUT2D eigenvalue weighted by molar-refractivity contribution is 5.79. The standard InChI is InChI=1S/C26H33N3O2/c1-2-3-4-5-6-12-19-31-24-16-11-10-15-22(24)26-23(17-18-27-29-26)28-25(30)20-21-13-8-7-9-14-21/h7-10,13-18,22H,2-6,11-12,19-20H2,1H3,(H,27,28,30). The van der Waals surface area contributed by atoms with Gasteiger partial charge in [-0.1, -0.05) is 81.5 Å². The Kier molecular flexibility index (Phi) is 9.30. The largest absolute Gasteiger partial charge is 0.497 e. The van der Waals surface area contributed by atoms with Gasteiger partial charge in [-0.2, -0.15) is 5.10 Å². The van der Waals surface area contributed by atoms with Crippen LogP contribution in [0.3, 0.4) is 0 Å². The summed E-state index contributed by atoms with van der Waals surface area (Å²) in [5.74, 6) is 0.587.